The van der Waals surface area contributed by atoms with E-state index < -0.39 is 22.7 Å². The highest BCUT2D eigenvalue weighted by Gasteiger charge is 2.17. The summed E-state index contributed by atoms with van der Waals surface area (Å²) in [5, 5.41) is 20.8. The molecule has 0 saturated heterocycles. The molecule has 0 fully saturated rings. The van der Waals surface area contributed by atoms with Crippen molar-refractivity contribution in [3.05, 3.63) is 69.3 Å². The first-order valence-electron chi connectivity index (χ1n) is 6.39. The van der Waals surface area contributed by atoms with E-state index in [1.807, 2.05) is 0 Å². The van der Waals surface area contributed by atoms with E-state index in [9.17, 15) is 24.0 Å². The molecule has 0 aliphatic carbocycles. The van der Waals surface area contributed by atoms with Gasteiger partial charge in [-0.15, -0.1) is 0 Å². The van der Waals surface area contributed by atoms with E-state index in [0.717, 1.165) is 17.7 Å². The van der Waals surface area contributed by atoms with Crippen LogP contribution in [0.3, 0.4) is 0 Å². The topological polar surface area (TPSA) is 72.6 Å². The number of benzene rings is 2. The molecular weight excluding hydrogens is 296 g/mol. The number of halogens is 2. The quantitative estimate of drug-likeness (QED) is 0.679. The van der Waals surface area contributed by atoms with Gasteiger partial charge < -0.3 is 9.84 Å². The summed E-state index contributed by atoms with van der Waals surface area (Å²) in [7, 11) is 0. The summed E-state index contributed by atoms with van der Waals surface area (Å²) in [4.78, 5) is 10.3. The largest absolute Gasteiger partial charge is 0.484 e. The smallest absolute Gasteiger partial charge is 0.310 e. The SMILES string of the molecule is Cc1ccc([N+](=O)[O-])c(OCC(O)c2ccc(F)c(F)c2)c1. The van der Waals surface area contributed by atoms with Gasteiger partial charge in [0.1, 0.15) is 12.7 Å². The van der Waals surface area contributed by atoms with Crippen LogP contribution in [-0.2, 0) is 0 Å². The van der Waals surface area contributed by atoms with Crippen molar-refractivity contribution in [2.45, 2.75) is 13.0 Å². The fourth-order valence-electron chi connectivity index (χ4n) is 1.87. The van der Waals surface area contributed by atoms with E-state index in [0.29, 0.717) is 0 Å². The summed E-state index contributed by atoms with van der Waals surface area (Å²) in [6.45, 7) is 1.41. The van der Waals surface area contributed by atoms with Crippen LogP contribution in [-0.4, -0.2) is 16.6 Å². The Kier molecular flexibility index (Phi) is 4.67. The molecular formula is C15H13F2NO4. The van der Waals surface area contributed by atoms with Gasteiger partial charge in [-0.05, 0) is 36.2 Å². The number of nitro groups is 1. The van der Waals surface area contributed by atoms with Crippen LogP contribution in [0.25, 0.3) is 0 Å². The molecule has 22 heavy (non-hydrogen) atoms. The van der Waals surface area contributed by atoms with Crippen LogP contribution in [0.4, 0.5) is 14.5 Å². The predicted octanol–water partition coefficient (Wildman–Crippen LogP) is 3.29. The molecule has 0 heterocycles. The summed E-state index contributed by atoms with van der Waals surface area (Å²) >= 11 is 0. The zero-order valence-corrected chi connectivity index (χ0v) is 11.6. The van der Waals surface area contributed by atoms with Gasteiger partial charge >= 0.3 is 5.69 Å². The molecule has 2 aromatic carbocycles. The molecule has 0 aliphatic rings. The van der Waals surface area contributed by atoms with Crippen LogP contribution in [0, 0.1) is 28.7 Å². The standard InChI is InChI=1S/C15H13F2NO4/c1-9-2-5-13(18(20)21)15(6-9)22-8-14(19)10-3-4-11(16)12(17)7-10/h2-7,14,19H,8H2,1H3. The molecule has 1 atom stereocenters. The molecule has 7 heteroatoms. The van der Waals surface area contributed by atoms with Crippen LogP contribution in [0.1, 0.15) is 17.2 Å². The lowest BCUT2D eigenvalue weighted by molar-refractivity contribution is -0.385. The second-order valence-corrected chi connectivity index (χ2v) is 4.73. The average Bonchev–Trinajstić information content (AvgIpc) is 2.47. The van der Waals surface area contributed by atoms with Crippen LogP contribution in [0.2, 0.25) is 0 Å². The van der Waals surface area contributed by atoms with Gasteiger partial charge in [-0.3, -0.25) is 10.1 Å². The fourth-order valence-corrected chi connectivity index (χ4v) is 1.87. The highest BCUT2D eigenvalue weighted by Crippen LogP contribution is 2.29. The van der Waals surface area contributed by atoms with Crippen molar-refractivity contribution in [3.63, 3.8) is 0 Å². The monoisotopic (exact) mass is 309 g/mol. The lowest BCUT2D eigenvalue weighted by Gasteiger charge is -2.13. The maximum atomic E-state index is 13.1. The Labute approximate surface area is 124 Å². The molecule has 0 spiro atoms. The van der Waals surface area contributed by atoms with Crippen LogP contribution >= 0.6 is 0 Å². The molecule has 1 N–H and O–H groups in total. The maximum Gasteiger partial charge on any atom is 0.310 e. The lowest BCUT2D eigenvalue weighted by atomic mass is 10.1. The van der Waals surface area contributed by atoms with Crippen LogP contribution < -0.4 is 4.74 Å². The molecule has 116 valence electrons. The highest BCUT2D eigenvalue weighted by molar-refractivity contribution is 5.48. The molecule has 0 amide bonds. The number of aliphatic hydroxyl groups is 1. The van der Waals surface area contributed by atoms with E-state index in [1.54, 1.807) is 13.0 Å². The van der Waals surface area contributed by atoms with Crippen molar-refractivity contribution in [2.24, 2.45) is 0 Å². The van der Waals surface area contributed by atoms with Gasteiger partial charge in [-0.2, -0.15) is 0 Å². The Morgan fingerprint density at radius 3 is 2.59 bits per heavy atom. The number of nitrogens with zero attached hydrogens (tertiary/aromatic N) is 1. The molecule has 2 rings (SSSR count). The number of aryl methyl sites for hydroxylation is 1. The number of nitro benzene ring substituents is 1. The molecule has 0 saturated carbocycles. The number of hydrogen-bond acceptors (Lipinski definition) is 4. The second kappa shape index (κ2) is 6.48. The Bertz CT molecular complexity index is 706. The minimum absolute atomic E-state index is 0.00614. The summed E-state index contributed by atoms with van der Waals surface area (Å²) in [5.41, 5.74) is 0.639. The number of ether oxygens (including phenoxy) is 1. The third-order valence-corrected chi connectivity index (χ3v) is 3.04. The normalized spacial score (nSPS) is 12.0. The van der Waals surface area contributed by atoms with Gasteiger partial charge in [0.2, 0.25) is 0 Å². The summed E-state index contributed by atoms with van der Waals surface area (Å²) in [6, 6.07) is 7.30. The Balaban J connectivity index is 2.14. The van der Waals surface area contributed by atoms with Crippen molar-refractivity contribution in [3.8, 4) is 5.75 Å². The molecule has 0 aliphatic heterocycles. The Hall–Kier alpha value is -2.54. The summed E-state index contributed by atoms with van der Waals surface area (Å²) in [6.07, 6.45) is -1.24. The van der Waals surface area contributed by atoms with E-state index in [4.69, 9.17) is 4.74 Å². The zero-order chi connectivity index (χ0) is 16.3. The first-order valence-corrected chi connectivity index (χ1v) is 6.39. The molecule has 1 unspecified atom stereocenters. The van der Waals surface area contributed by atoms with E-state index in [-0.39, 0.29) is 23.6 Å². The van der Waals surface area contributed by atoms with Crippen LogP contribution in [0.5, 0.6) is 5.75 Å². The number of hydrogen-bond donors (Lipinski definition) is 1. The second-order valence-electron chi connectivity index (χ2n) is 4.73. The first-order chi connectivity index (χ1) is 10.4. The van der Waals surface area contributed by atoms with Gasteiger partial charge in [0.25, 0.3) is 0 Å². The predicted molar refractivity (Wildman–Crippen MR) is 74.6 cm³/mol. The fraction of sp³-hybridized carbons (Fsp3) is 0.200. The number of rotatable bonds is 5. The Morgan fingerprint density at radius 2 is 1.95 bits per heavy atom. The van der Waals surface area contributed by atoms with Crippen molar-refractivity contribution >= 4 is 5.69 Å². The third-order valence-electron chi connectivity index (χ3n) is 3.04. The molecule has 0 bridgehead atoms. The summed E-state index contributed by atoms with van der Waals surface area (Å²) < 4.78 is 31.2. The first kappa shape index (κ1) is 15.8. The lowest BCUT2D eigenvalue weighted by Crippen LogP contribution is -2.11. The van der Waals surface area contributed by atoms with E-state index in [1.165, 1.54) is 18.2 Å². The third kappa shape index (κ3) is 3.56. The molecule has 0 aromatic heterocycles. The minimum atomic E-state index is -1.24. The van der Waals surface area contributed by atoms with Gasteiger partial charge in [0.05, 0.1) is 4.92 Å². The zero-order valence-electron chi connectivity index (χ0n) is 11.6. The van der Waals surface area contributed by atoms with Gasteiger partial charge in [-0.25, -0.2) is 8.78 Å². The molecule has 2 aromatic rings. The number of aliphatic hydroxyl groups excluding tert-OH is 1. The van der Waals surface area contributed by atoms with Crippen LogP contribution in [0.15, 0.2) is 36.4 Å². The van der Waals surface area contributed by atoms with Crippen molar-refractivity contribution in [2.75, 3.05) is 6.61 Å². The van der Waals surface area contributed by atoms with E-state index >= 15 is 0 Å². The van der Waals surface area contributed by atoms with Crippen molar-refractivity contribution in [1.82, 2.24) is 0 Å². The van der Waals surface area contributed by atoms with Gasteiger partial charge in [0.15, 0.2) is 17.4 Å². The Morgan fingerprint density at radius 1 is 1.23 bits per heavy atom. The summed E-state index contributed by atoms with van der Waals surface area (Å²) in [5.74, 6) is -2.10. The molecule has 5 nitrogen and oxygen atoms in total. The van der Waals surface area contributed by atoms with E-state index in [2.05, 4.69) is 0 Å². The minimum Gasteiger partial charge on any atom is -0.484 e. The van der Waals surface area contributed by atoms with Gasteiger partial charge in [0, 0.05) is 6.07 Å². The van der Waals surface area contributed by atoms with Crippen molar-refractivity contribution < 1.29 is 23.5 Å². The average molecular weight is 309 g/mol. The highest BCUT2D eigenvalue weighted by atomic mass is 19.2. The van der Waals surface area contributed by atoms with Crippen molar-refractivity contribution in [1.29, 1.82) is 0 Å². The van der Waals surface area contributed by atoms with Gasteiger partial charge in [-0.1, -0.05) is 12.1 Å². The molecule has 0 radical (unpaired) electrons. The maximum absolute atomic E-state index is 13.1.